The maximum absolute atomic E-state index is 11.0. The first-order chi connectivity index (χ1) is 9.52. The van der Waals surface area contributed by atoms with Crippen LogP contribution in [0.15, 0.2) is 12.3 Å². The van der Waals surface area contributed by atoms with Crippen LogP contribution in [-0.4, -0.2) is 22.9 Å². The zero-order valence-electron chi connectivity index (χ0n) is 11.2. The number of nitrogens with two attached hydrogens (primary N) is 1. The second kappa shape index (κ2) is 5.85. The first-order valence-corrected chi connectivity index (χ1v) is 6.37. The number of aromatic nitrogens is 2. The number of carbonyl (C=O) groups is 1. The normalized spacial score (nSPS) is 10.2. The molecule has 0 aliphatic heterocycles. The Hall–Kier alpha value is -2.19. The maximum atomic E-state index is 11.0. The number of fused-ring (bicyclic) bond motifs is 1. The summed E-state index contributed by atoms with van der Waals surface area (Å²) < 4.78 is 6.23. The molecule has 2 aromatic rings. The SMILES string of the molecule is COC(=O)CCC#Cc1c(N)c(Cl)cc2nn(C)cc12. The van der Waals surface area contributed by atoms with Gasteiger partial charge in [0.2, 0.25) is 0 Å². The highest BCUT2D eigenvalue weighted by atomic mass is 35.5. The molecule has 0 saturated carbocycles. The average Bonchev–Trinajstić information content (AvgIpc) is 2.78. The third kappa shape index (κ3) is 2.86. The summed E-state index contributed by atoms with van der Waals surface area (Å²) in [7, 11) is 3.17. The summed E-state index contributed by atoms with van der Waals surface area (Å²) in [5.41, 5.74) is 7.78. The van der Waals surface area contributed by atoms with Crippen LogP contribution in [0.2, 0.25) is 5.02 Å². The Morgan fingerprint density at radius 3 is 3.05 bits per heavy atom. The Morgan fingerprint density at radius 2 is 2.35 bits per heavy atom. The Bertz CT molecular complexity index is 725. The van der Waals surface area contributed by atoms with E-state index in [1.807, 2.05) is 13.2 Å². The fraction of sp³-hybridized carbons (Fsp3) is 0.286. The molecule has 0 saturated heterocycles. The molecular weight excluding hydrogens is 278 g/mol. The van der Waals surface area contributed by atoms with E-state index in [1.165, 1.54) is 7.11 Å². The molecule has 0 amide bonds. The summed E-state index contributed by atoms with van der Waals surface area (Å²) in [5, 5.41) is 5.55. The van der Waals surface area contributed by atoms with E-state index in [0.717, 1.165) is 10.9 Å². The van der Waals surface area contributed by atoms with Crippen LogP contribution in [0, 0.1) is 11.8 Å². The Labute approximate surface area is 121 Å². The molecule has 1 aromatic heterocycles. The molecular formula is C14H14ClN3O2. The van der Waals surface area contributed by atoms with Crippen molar-refractivity contribution in [3.63, 3.8) is 0 Å². The number of ether oxygens (including phenoxy) is 1. The average molecular weight is 292 g/mol. The van der Waals surface area contributed by atoms with Crippen molar-refractivity contribution >= 4 is 34.2 Å². The molecule has 1 aromatic carbocycles. The molecule has 0 unspecified atom stereocenters. The molecule has 20 heavy (non-hydrogen) atoms. The zero-order valence-corrected chi connectivity index (χ0v) is 12.0. The van der Waals surface area contributed by atoms with E-state index >= 15 is 0 Å². The summed E-state index contributed by atoms with van der Waals surface area (Å²) in [5.74, 6) is 5.59. The highest BCUT2D eigenvalue weighted by Gasteiger charge is 2.10. The van der Waals surface area contributed by atoms with Crippen molar-refractivity contribution in [1.82, 2.24) is 9.78 Å². The first-order valence-electron chi connectivity index (χ1n) is 6.00. The fourth-order valence-electron chi connectivity index (χ4n) is 1.82. The second-order valence-electron chi connectivity index (χ2n) is 4.26. The van der Waals surface area contributed by atoms with Crippen molar-refractivity contribution in [2.24, 2.45) is 7.05 Å². The largest absolute Gasteiger partial charge is 0.469 e. The second-order valence-corrected chi connectivity index (χ2v) is 4.67. The van der Waals surface area contributed by atoms with Gasteiger partial charge in [0.25, 0.3) is 0 Å². The standard InChI is InChI=1S/C14H14ClN3O2/c1-18-8-10-9(5-3-4-6-13(19)20-2)14(16)11(15)7-12(10)17-18/h7-8H,4,6,16H2,1-2H3. The van der Waals surface area contributed by atoms with Crippen LogP contribution < -0.4 is 5.73 Å². The molecule has 0 spiro atoms. The predicted molar refractivity (Wildman–Crippen MR) is 78.3 cm³/mol. The van der Waals surface area contributed by atoms with E-state index in [0.29, 0.717) is 22.7 Å². The van der Waals surface area contributed by atoms with Gasteiger partial charge in [-0.3, -0.25) is 9.48 Å². The van der Waals surface area contributed by atoms with Gasteiger partial charge in [0.1, 0.15) is 0 Å². The predicted octanol–water partition coefficient (Wildman–Crippen LogP) is 2.11. The van der Waals surface area contributed by atoms with Crippen LogP contribution in [0.3, 0.4) is 0 Å². The van der Waals surface area contributed by atoms with Crippen molar-refractivity contribution in [2.75, 3.05) is 12.8 Å². The molecule has 2 rings (SSSR count). The molecule has 0 atom stereocenters. The Kier molecular flexibility index (Phi) is 4.16. The van der Waals surface area contributed by atoms with Crippen LogP contribution in [-0.2, 0) is 16.6 Å². The number of rotatable bonds is 2. The highest BCUT2D eigenvalue weighted by molar-refractivity contribution is 6.34. The summed E-state index contributed by atoms with van der Waals surface area (Å²) in [4.78, 5) is 11.0. The molecule has 0 aliphatic carbocycles. The van der Waals surface area contributed by atoms with Gasteiger partial charge >= 0.3 is 5.97 Å². The van der Waals surface area contributed by atoms with Crippen LogP contribution in [0.4, 0.5) is 5.69 Å². The molecule has 1 heterocycles. The van der Waals surface area contributed by atoms with E-state index in [4.69, 9.17) is 17.3 Å². The lowest BCUT2D eigenvalue weighted by Crippen LogP contribution is -1.98. The van der Waals surface area contributed by atoms with Crippen LogP contribution in [0.5, 0.6) is 0 Å². The minimum Gasteiger partial charge on any atom is -0.469 e. The Morgan fingerprint density at radius 1 is 1.60 bits per heavy atom. The molecule has 6 heteroatoms. The van der Waals surface area contributed by atoms with Gasteiger partial charge in [0.05, 0.1) is 35.3 Å². The van der Waals surface area contributed by atoms with Crippen LogP contribution in [0.1, 0.15) is 18.4 Å². The van der Waals surface area contributed by atoms with Crippen molar-refractivity contribution in [1.29, 1.82) is 0 Å². The van der Waals surface area contributed by atoms with Gasteiger partial charge in [-0.2, -0.15) is 5.10 Å². The van der Waals surface area contributed by atoms with Crippen molar-refractivity contribution < 1.29 is 9.53 Å². The van der Waals surface area contributed by atoms with Crippen molar-refractivity contribution in [2.45, 2.75) is 12.8 Å². The quantitative estimate of drug-likeness (QED) is 0.523. The van der Waals surface area contributed by atoms with E-state index in [-0.39, 0.29) is 12.4 Å². The van der Waals surface area contributed by atoms with E-state index < -0.39 is 0 Å². The van der Waals surface area contributed by atoms with Crippen LogP contribution >= 0.6 is 11.6 Å². The number of carbonyl (C=O) groups excluding carboxylic acids is 1. The number of halogens is 1. The lowest BCUT2D eigenvalue weighted by Gasteiger charge is -2.02. The molecule has 5 nitrogen and oxygen atoms in total. The van der Waals surface area contributed by atoms with Gasteiger partial charge in [-0.05, 0) is 6.07 Å². The number of methoxy groups -OCH3 is 1. The number of esters is 1. The van der Waals surface area contributed by atoms with E-state index in [9.17, 15) is 4.79 Å². The Balaban J connectivity index is 2.35. The summed E-state index contributed by atoms with van der Waals surface area (Å²) in [6.07, 6.45) is 2.49. The van der Waals surface area contributed by atoms with Crippen molar-refractivity contribution in [3.05, 3.63) is 22.8 Å². The number of hydrogen-bond acceptors (Lipinski definition) is 4. The number of hydrogen-bond donors (Lipinski definition) is 1. The minimum atomic E-state index is -0.287. The van der Waals surface area contributed by atoms with Crippen molar-refractivity contribution in [3.8, 4) is 11.8 Å². The summed E-state index contributed by atoms with van der Waals surface area (Å²) in [6.45, 7) is 0. The van der Waals surface area contributed by atoms with Gasteiger partial charge < -0.3 is 10.5 Å². The number of benzene rings is 1. The smallest absolute Gasteiger partial charge is 0.306 e. The summed E-state index contributed by atoms with van der Waals surface area (Å²) in [6, 6.07) is 1.71. The molecule has 0 radical (unpaired) electrons. The fourth-order valence-corrected chi connectivity index (χ4v) is 2.02. The molecule has 0 bridgehead atoms. The minimum absolute atomic E-state index is 0.250. The number of anilines is 1. The van der Waals surface area contributed by atoms with E-state index in [2.05, 4.69) is 21.7 Å². The molecule has 2 N–H and O–H groups in total. The molecule has 0 aliphatic rings. The highest BCUT2D eigenvalue weighted by Crippen LogP contribution is 2.30. The third-order valence-corrected chi connectivity index (χ3v) is 3.12. The van der Waals surface area contributed by atoms with Gasteiger partial charge in [0, 0.05) is 25.1 Å². The number of nitrogens with zero attached hydrogens (tertiary/aromatic N) is 2. The lowest BCUT2D eigenvalue weighted by atomic mass is 10.1. The summed E-state index contributed by atoms with van der Waals surface area (Å²) >= 11 is 6.07. The van der Waals surface area contributed by atoms with Gasteiger partial charge in [-0.1, -0.05) is 23.4 Å². The lowest BCUT2D eigenvalue weighted by molar-refractivity contribution is -0.140. The third-order valence-electron chi connectivity index (χ3n) is 2.81. The van der Waals surface area contributed by atoms with Gasteiger partial charge in [-0.25, -0.2) is 0 Å². The topological polar surface area (TPSA) is 70.1 Å². The van der Waals surface area contributed by atoms with Gasteiger partial charge in [0.15, 0.2) is 0 Å². The molecule has 104 valence electrons. The maximum Gasteiger partial charge on any atom is 0.306 e. The first kappa shape index (κ1) is 14.2. The van der Waals surface area contributed by atoms with Gasteiger partial charge in [-0.15, -0.1) is 0 Å². The monoisotopic (exact) mass is 291 g/mol. The molecule has 0 fully saturated rings. The number of aryl methyl sites for hydroxylation is 1. The number of nitrogen functional groups attached to an aromatic ring is 1. The van der Waals surface area contributed by atoms with Crippen LogP contribution in [0.25, 0.3) is 10.9 Å². The van der Waals surface area contributed by atoms with E-state index in [1.54, 1.807) is 10.7 Å². The zero-order chi connectivity index (χ0) is 14.7.